The molecule has 0 aliphatic heterocycles. The molecule has 48 heavy (non-hydrogen) atoms. The zero-order valence-corrected chi connectivity index (χ0v) is 27.9. The van der Waals surface area contributed by atoms with Crippen molar-refractivity contribution in [3.63, 3.8) is 0 Å². The molecule has 2 amide bonds. The van der Waals surface area contributed by atoms with Gasteiger partial charge in [-0.2, -0.15) is 18.1 Å². The van der Waals surface area contributed by atoms with Crippen molar-refractivity contribution in [1.29, 1.82) is 0 Å². The van der Waals surface area contributed by atoms with Crippen LogP contribution in [0.1, 0.15) is 83.9 Å². The van der Waals surface area contributed by atoms with Gasteiger partial charge in [-0.3, -0.25) is 0 Å². The number of hydrogen-bond acceptors (Lipinski definition) is 10. The Morgan fingerprint density at radius 1 is 0.938 bits per heavy atom. The Kier molecular flexibility index (Phi) is 12.5. The van der Waals surface area contributed by atoms with Gasteiger partial charge >= 0.3 is 18.4 Å². The third kappa shape index (κ3) is 10.9. The number of amides is 2. The van der Waals surface area contributed by atoms with Crippen LogP contribution in [0.15, 0.2) is 66.1 Å². The number of allylic oxidation sites excluding steroid dienone is 1. The molecule has 0 aliphatic rings. The highest BCUT2D eigenvalue weighted by atomic mass is 19.4. The van der Waals surface area contributed by atoms with Crippen LogP contribution in [0.5, 0.6) is 5.88 Å². The summed E-state index contributed by atoms with van der Waals surface area (Å²) in [5.74, 6) is -1.29. The minimum atomic E-state index is -5.03. The molecule has 0 N–H and O–H groups in total. The largest absolute Gasteiger partial charge is 0.477 e. The predicted molar refractivity (Wildman–Crippen MR) is 171 cm³/mol. The van der Waals surface area contributed by atoms with Gasteiger partial charge in [-0.1, -0.05) is 42.5 Å². The van der Waals surface area contributed by atoms with Crippen molar-refractivity contribution in [2.75, 3.05) is 11.5 Å². The van der Waals surface area contributed by atoms with E-state index in [9.17, 15) is 22.8 Å². The average molecular weight is 675 g/mol. The fourth-order valence-electron chi connectivity index (χ4n) is 4.03. The Balaban J connectivity index is 2.25. The maximum absolute atomic E-state index is 14.5. The fourth-order valence-corrected chi connectivity index (χ4v) is 4.03. The summed E-state index contributed by atoms with van der Waals surface area (Å²) in [4.78, 5) is 31.5. The van der Waals surface area contributed by atoms with Crippen molar-refractivity contribution in [1.82, 2.24) is 15.2 Å². The van der Waals surface area contributed by atoms with E-state index in [0.717, 1.165) is 5.56 Å². The summed E-state index contributed by atoms with van der Waals surface area (Å²) in [7, 11) is 0. The number of halogens is 3. The number of nitrogens with zero attached hydrogens (tertiary/aromatic N) is 4. The van der Waals surface area contributed by atoms with E-state index in [1.54, 1.807) is 6.08 Å². The number of benzene rings is 1. The summed E-state index contributed by atoms with van der Waals surface area (Å²) in [5.41, 5.74) is -3.98. The molecule has 3 aromatic rings. The smallest absolute Gasteiger partial charge is 0.424 e. The third-order valence-corrected chi connectivity index (χ3v) is 6.07. The van der Waals surface area contributed by atoms with Crippen LogP contribution in [0, 0.1) is 0 Å². The first-order valence-electron chi connectivity index (χ1n) is 15.2. The van der Waals surface area contributed by atoms with Gasteiger partial charge in [0.1, 0.15) is 22.9 Å². The molecule has 0 fully saturated rings. The Bertz CT molecular complexity index is 1530. The molecule has 0 saturated carbocycles. The summed E-state index contributed by atoms with van der Waals surface area (Å²) in [6, 6.07) is 9.86. The van der Waals surface area contributed by atoms with E-state index in [1.165, 1.54) is 47.6 Å². The molecule has 0 spiro atoms. The number of ether oxygens (including phenoxy) is 4. The van der Waals surface area contributed by atoms with Crippen molar-refractivity contribution in [2.45, 2.75) is 90.9 Å². The van der Waals surface area contributed by atoms with Gasteiger partial charge in [0.2, 0.25) is 11.8 Å². The maximum Gasteiger partial charge on any atom is 0.424 e. The molecule has 260 valence electrons. The van der Waals surface area contributed by atoms with Gasteiger partial charge < -0.3 is 23.4 Å². The number of alkyl halides is 3. The number of aromatic nitrogens is 3. The van der Waals surface area contributed by atoms with Gasteiger partial charge in [0.25, 0.3) is 5.89 Å². The normalized spacial score (nSPS) is 12.6. The lowest BCUT2D eigenvalue weighted by Crippen LogP contribution is -2.44. The van der Waals surface area contributed by atoms with Crippen molar-refractivity contribution in [3.8, 4) is 17.5 Å². The van der Waals surface area contributed by atoms with Gasteiger partial charge in [0, 0.05) is 0 Å². The van der Waals surface area contributed by atoms with Gasteiger partial charge in [-0.15, -0.1) is 23.4 Å². The molecule has 1 unspecified atom stereocenters. The first-order chi connectivity index (χ1) is 22.4. The van der Waals surface area contributed by atoms with E-state index < -0.39 is 64.4 Å². The third-order valence-electron chi connectivity index (χ3n) is 6.07. The number of carbonyl (C=O) groups excluding carboxylic acids is 2. The predicted octanol–water partition coefficient (Wildman–Crippen LogP) is 9.01. The van der Waals surface area contributed by atoms with Crippen LogP contribution in [0.4, 0.5) is 28.4 Å². The zero-order chi connectivity index (χ0) is 35.7. The summed E-state index contributed by atoms with van der Waals surface area (Å²) in [6.45, 7) is 16.4. The molecular formula is C34H41F3N4O7. The van der Waals surface area contributed by atoms with E-state index >= 15 is 0 Å². The quantitative estimate of drug-likeness (QED) is 0.128. The molecule has 2 heterocycles. The standard InChI is InChI=1S/C34H41F3N4O7/c1-9-11-18-25(45-21-22-16-14-13-15-17-22)28-39-40-29(46-28)26-24(20-23(34(35,36)37)27(38-26)44-19-12-10-2)41(30(42)47-32(3,4)5)31(43)48-33(6,7)8/h9-10,13-17,20,25H,1-2,11-12,18-19,21H2,3-8H3. The Morgan fingerprint density at radius 3 is 2.08 bits per heavy atom. The summed E-state index contributed by atoms with van der Waals surface area (Å²) in [5, 5.41) is 8.14. The second-order valence-electron chi connectivity index (χ2n) is 12.5. The molecule has 1 atom stereocenters. The Labute approximate surface area is 277 Å². The topological polar surface area (TPSA) is 126 Å². The number of imide groups is 1. The minimum absolute atomic E-state index is 0.0226. The van der Waals surface area contributed by atoms with Crippen LogP contribution in [0.25, 0.3) is 11.6 Å². The molecule has 0 saturated heterocycles. The molecule has 14 heteroatoms. The highest BCUT2D eigenvalue weighted by Crippen LogP contribution is 2.42. The molecular weight excluding hydrogens is 633 g/mol. The molecule has 2 aromatic heterocycles. The molecule has 0 radical (unpaired) electrons. The second-order valence-corrected chi connectivity index (χ2v) is 12.5. The zero-order valence-electron chi connectivity index (χ0n) is 27.9. The molecule has 0 aliphatic carbocycles. The monoisotopic (exact) mass is 674 g/mol. The highest BCUT2D eigenvalue weighted by molar-refractivity contribution is 6.11. The lowest BCUT2D eigenvalue weighted by Gasteiger charge is -2.29. The maximum atomic E-state index is 14.5. The molecule has 0 bridgehead atoms. The van der Waals surface area contributed by atoms with Crippen LogP contribution in [-0.2, 0) is 27.0 Å². The van der Waals surface area contributed by atoms with Gasteiger partial charge in [0.15, 0.2) is 5.69 Å². The summed E-state index contributed by atoms with van der Waals surface area (Å²) < 4.78 is 71.7. The van der Waals surface area contributed by atoms with E-state index in [-0.39, 0.29) is 25.5 Å². The number of carbonyl (C=O) groups is 2. The molecule has 1 aromatic carbocycles. The number of anilines is 1. The number of rotatable bonds is 13. The van der Waals surface area contributed by atoms with Crippen LogP contribution in [0.2, 0.25) is 0 Å². The van der Waals surface area contributed by atoms with Crippen molar-refractivity contribution in [3.05, 3.63) is 78.7 Å². The van der Waals surface area contributed by atoms with Crippen LogP contribution >= 0.6 is 0 Å². The van der Waals surface area contributed by atoms with Gasteiger partial charge in [0.05, 0.1) is 18.9 Å². The molecule has 3 rings (SSSR count). The van der Waals surface area contributed by atoms with Gasteiger partial charge in [-0.25, -0.2) is 14.6 Å². The fraction of sp³-hybridized carbons (Fsp3) is 0.441. The number of hydrogen-bond donors (Lipinski definition) is 0. The van der Waals surface area contributed by atoms with E-state index in [4.69, 9.17) is 23.4 Å². The Morgan fingerprint density at radius 2 is 1.54 bits per heavy atom. The van der Waals surface area contributed by atoms with Gasteiger partial charge in [-0.05, 0) is 72.4 Å². The van der Waals surface area contributed by atoms with E-state index in [1.807, 2.05) is 30.3 Å². The minimum Gasteiger partial charge on any atom is -0.477 e. The Hall–Kier alpha value is -4.72. The summed E-state index contributed by atoms with van der Waals surface area (Å²) >= 11 is 0. The highest BCUT2D eigenvalue weighted by Gasteiger charge is 2.42. The first kappa shape index (κ1) is 37.7. The van der Waals surface area contributed by atoms with Crippen LogP contribution in [0.3, 0.4) is 0 Å². The SMILES string of the molecule is C=CCCOc1nc(-c2nnc(C(CCC=C)OCc3ccccc3)o2)c(N(C(=O)OC(C)(C)C)C(=O)OC(C)(C)C)cc1C(F)(F)F. The van der Waals surface area contributed by atoms with Crippen molar-refractivity contribution >= 4 is 17.9 Å². The lowest BCUT2D eigenvalue weighted by molar-refractivity contribution is -0.139. The van der Waals surface area contributed by atoms with Crippen LogP contribution in [-0.4, -0.2) is 45.2 Å². The first-order valence-corrected chi connectivity index (χ1v) is 15.2. The van der Waals surface area contributed by atoms with E-state index in [2.05, 4.69) is 28.3 Å². The van der Waals surface area contributed by atoms with Crippen molar-refractivity contribution < 1.29 is 46.1 Å². The van der Waals surface area contributed by atoms with Crippen molar-refractivity contribution in [2.24, 2.45) is 0 Å². The van der Waals surface area contributed by atoms with Crippen LogP contribution < -0.4 is 9.64 Å². The molecule has 11 nitrogen and oxygen atoms in total. The van der Waals surface area contributed by atoms with E-state index in [0.29, 0.717) is 23.8 Å². The number of pyridine rings is 1. The average Bonchev–Trinajstić information content (AvgIpc) is 3.46. The lowest BCUT2D eigenvalue weighted by atomic mass is 10.1. The summed E-state index contributed by atoms with van der Waals surface area (Å²) in [6.07, 6.45) is -4.22. The second kappa shape index (κ2) is 15.9.